The first kappa shape index (κ1) is 45.2. The molecule has 4 nitrogen and oxygen atoms in total. The Balaban J connectivity index is -0.000000231. The molecule has 0 amide bonds. The van der Waals surface area contributed by atoms with E-state index in [4.69, 9.17) is 0 Å². The van der Waals surface area contributed by atoms with Crippen LogP contribution in [0.3, 0.4) is 0 Å². The zero-order chi connectivity index (χ0) is 28.2. The first-order chi connectivity index (χ1) is 18.0. The van der Waals surface area contributed by atoms with Crippen LogP contribution in [0.5, 0.6) is 0 Å². The molecule has 0 aliphatic rings. The maximum Gasteiger partial charge on any atom is -0.153 e. The fourth-order valence-electron chi connectivity index (χ4n) is 3.89. The number of aliphatic carboxylic acids is 2. The van der Waals surface area contributed by atoms with Gasteiger partial charge in [0.1, 0.15) is 0 Å². The molecule has 38 heavy (non-hydrogen) atoms. The smallest absolute Gasteiger partial charge is 0.153 e. The molecule has 0 aromatic heterocycles. The van der Waals surface area contributed by atoms with Crippen molar-refractivity contribution in [2.45, 2.75) is 191 Å². The minimum Gasteiger partial charge on any atom is -0.153 e. The van der Waals surface area contributed by atoms with Crippen molar-refractivity contribution in [3.05, 3.63) is 0 Å². The van der Waals surface area contributed by atoms with Crippen LogP contribution in [0.4, 0.5) is 0 Å². The van der Waals surface area contributed by atoms with Gasteiger partial charge in [-0.1, -0.05) is 117 Å². The standard InChI is InChI=1S/2C12H24O2.2C4H9.H3P.Sn/c2*1-2-3-4-5-6-7-8-9-10-11-12(13)14;2*1-3-4-2;;/h2*2-11H2,1H3,(H,13,14);2*1,3-4H2,2H3;1H3;/q;;;;;+2/p-2. The van der Waals surface area contributed by atoms with E-state index >= 15 is 0 Å². The van der Waals surface area contributed by atoms with Crippen molar-refractivity contribution in [2.75, 3.05) is 0 Å². The minimum absolute atomic E-state index is 0. The van der Waals surface area contributed by atoms with Gasteiger partial charge in [0.2, 0.25) is 0 Å². The molecule has 0 spiro atoms. The molecule has 1 unspecified atom stereocenters. The zero-order valence-electron chi connectivity index (χ0n) is 26.2. The van der Waals surface area contributed by atoms with Gasteiger partial charge < -0.3 is 19.8 Å². The van der Waals surface area contributed by atoms with E-state index in [1.54, 1.807) is 8.87 Å². The molecule has 0 aliphatic heterocycles. The van der Waals surface area contributed by atoms with Gasteiger partial charge >= 0.3 is 69.5 Å². The third-order valence-corrected chi connectivity index (χ3v) is 10.4. The van der Waals surface area contributed by atoms with Crippen LogP contribution in [0.15, 0.2) is 0 Å². The van der Waals surface area contributed by atoms with E-state index < -0.39 is 11.9 Å². The van der Waals surface area contributed by atoms with Gasteiger partial charge in [-0.05, 0) is 25.7 Å². The average Bonchev–Trinajstić information content (AvgIpc) is 2.87. The van der Waals surface area contributed by atoms with Gasteiger partial charge in [0.25, 0.3) is 0 Å². The molecule has 0 rings (SSSR count). The molecule has 0 heterocycles. The van der Waals surface area contributed by atoms with Gasteiger partial charge in [-0.25, -0.2) is 0 Å². The van der Waals surface area contributed by atoms with Crippen molar-refractivity contribution in [1.29, 1.82) is 0 Å². The summed E-state index contributed by atoms with van der Waals surface area (Å²) in [5.74, 6) is -1.82. The Labute approximate surface area is 252 Å². The summed E-state index contributed by atoms with van der Waals surface area (Å²) >= 11 is 0.149. The Morgan fingerprint density at radius 1 is 0.421 bits per heavy atom. The number of carboxylic acids is 2. The van der Waals surface area contributed by atoms with E-state index in [-0.39, 0.29) is 43.9 Å². The quantitative estimate of drug-likeness (QED) is 0.0528. The van der Waals surface area contributed by atoms with Crippen LogP contribution in [-0.2, 0) is 9.59 Å². The molecule has 0 aromatic rings. The number of rotatable bonds is 26. The molecule has 0 saturated carbocycles. The molecule has 0 aliphatic carbocycles. The Morgan fingerprint density at radius 3 is 0.895 bits per heavy atom. The normalized spacial score (nSPS) is 9.79. The molecule has 1 atom stereocenters. The molecule has 0 radical (unpaired) electrons. The Morgan fingerprint density at radius 2 is 0.658 bits per heavy atom. The molecule has 228 valence electrons. The van der Waals surface area contributed by atoms with Crippen LogP contribution in [0.1, 0.15) is 182 Å². The molecule has 0 bridgehead atoms. The van der Waals surface area contributed by atoms with Gasteiger partial charge in [-0.15, -0.1) is 0 Å². The monoisotopic (exact) mass is 666 g/mol. The second-order valence-electron chi connectivity index (χ2n) is 10.4. The van der Waals surface area contributed by atoms with Crippen molar-refractivity contribution < 1.29 is 19.8 Å². The largest absolute Gasteiger partial charge is 0.153 e. The summed E-state index contributed by atoms with van der Waals surface area (Å²) in [6, 6.07) is 0. The van der Waals surface area contributed by atoms with E-state index in [1.165, 1.54) is 116 Å². The minimum atomic E-state index is -0.909. The van der Waals surface area contributed by atoms with Gasteiger partial charge in [0.05, 0.1) is 0 Å². The summed E-state index contributed by atoms with van der Waals surface area (Å²) in [4.78, 5) is 20.2. The number of unbranched alkanes of at least 4 members (excludes halogenated alkanes) is 18. The average molecular weight is 666 g/mol. The first-order valence-electron chi connectivity index (χ1n) is 16.1. The Bertz CT molecular complexity index is 398. The number of carbonyl (C=O) groups excluding carboxylic acids is 2. The summed E-state index contributed by atoms with van der Waals surface area (Å²) in [5.41, 5.74) is 0. The van der Waals surface area contributed by atoms with E-state index in [9.17, 15) is 19.8 Å². The molecule has 0 saturated heterocycles. The first-order valence-corrected chi connectivity index (χ1v) is 20.1. The summed E-state index contributed by atoms with van der Waals surface area (Å²) < 4.78 is 3.25. The Kier molecular flexibility index (Phi) is 52.5. The van der Waals surface area contributed by atoms with E-state index in [2.05, 4.69) is 27.7 Å². The van der Waals surface area contributed by atoms with Gasteiger partial charge in [0, 0.05) is 11.9 Å². The van der Waals surface area contributed by atoms with Crippen LogP contribution >= 0.6 is 9.90 Å². The maximum atomic E-state index is 10.1. The summed E-state index contributed by atoms with van der Waals surface area (Å²) in [5, 5.41) is 20.2. The number of carboxylic acid groups (broad SMARTS) is 2. The van der Waals surface area contributed by atoms with Crippen LogP contribution < -0.4 is 10.2 Å². The van der Waals surface area contributed by atoms with E-state index in [1.807, 2.05) is 0 Å². The molecular weight excluding hydrogens is 598 g/mol. The topological polar surface area (TPSA) is 80.3 Å². The number of carbonyl (C=O) groups is 2. The van der Waals surface area contributed by atoms with Crippen molar-refractivity contribution in [1.82, 2.24) is 0 Å². The predicted molar refractivity (Wildman–Crippen MR) is 170 cm³/mol. The third kappa shape index (κ3) is 56.4. The van der Waals surface area contributed by atoms with E-state index in [0.717, 1.165) is 25.7 Å². The van der Waals surface area contributed by atoms with Crippen LogP contribution in [-0.4, -0.2) is 33.1 Å². The SMILES string of the molecule is CCCCCCCCCCCC(=O)[O-].CCCCCCCCCCCC(=O)[O-].CCC[CH2][Sn+2][CH2]CCC.P. The fraction of sp³-hybridized carbons (Fsp3) is 0.938. The summed E-state index contributed by atoms with van der Waals surface area (Å²) in [6.45, 7) is 9.03. The van der Waals surface area contributed by atoms with E-state index in [0.29, 0.717) is 0 Å². The molecule has 6 heteroatoms. The van der Waals surface area contributed by atoms with Crippen LogP contribution in [0.2, 0.25) is 8.87 Å². The van der Waals surface area contributed by atoms with Crippen molar-refractivity contribution >= 4 is 43.0 Å². The Hall–Kier alpha value is 0.169. The third-order valence-electron chi connectivity index (χ3n) is 6.38. The van der Waals surface area contributed by atoms with Crippen molar-refractivity contribution in [2.24, 2.45) is 0 Å². The number of hydrogen-bond acceptors (Lipinski definition) is 4. The maximum absolute atomic E-state index is 10.1. The van der Waals surface area contributed by atoms with Crippen molar-refractivity contribution in [3.63, 3.8) is 0 Å². The predicted octanol–water partition coefficient (Wildman–Crippen LogP) is 8.50. The van der Waals surface area contributed by atoms with Crippen LogP contribution in [0.25, 0.3) is 0 Å². The van der Waals surface area contributed by atoms with Crippen molar-refractivity contribution in [3.8, 4) is 0 Å². The fourth-order valence-corrected chi connectivity index (χ4v) is 8.05. The molecule has 0 fully saturated rings. The molecular formula is C32H67O4PSn. The van der Waals surface area contributed by atoms with Crippen LogP contribution in [0, 0.1) is 0 Å². The molecule has 0 aromatic carbocycles. The second kappa shape index (κ2) is 44.2. The number of hydrogen-bond donors (Lipinski definition) is 0. The molecule has 0 N–H and O–H groups in total. The van der Waals surface area contributed by atoms with Gasteiger partial charge in [0.15, 0.2) is 0 Å². The van der Waals surface area contributed by atoms with Gasteiger partial charge in [-0.2, -0.15) is 9.90 Å². The van der Waals surface area contributed by atoms with Gasteiger partial charge in [-0.3, -0.25) is 0 Å². The second-order valence-corrected chi connectivity index (χ2v) is 14.6. The summed E-state index contributed by atoms with van der Waals surface area (Å²) in [6.07, 6.45) is 28.2. The zero-order valence-corrected chi connectivity index (χ0v) is 30.5. The summed E-state index contributed by atoms with van der Waals surface area (Å²) in [7, 11) is 0.